The van der Waals surface area contributed by atoms with E-state index in [1.165, 1.54) is 0 Å². The molecule has 7 nitrogen and oxygen atoms in total. The Hall–Kier alpha value is -4.13. The molecule has 1 aromatic heterocycles. The van der Waals surface area contributed by atoms with E-state index in [4.69, 9.17) is 4.98 Å². The van der Waals surface area contributed by atoms with Gasteiger partial charge in [-0.1, -0.05) is 66.4 Å². The molecule has 0 saturated heterocycles. The summed E-state index contributed by atoms with van der Waals surface area (Å²) < 4.78 is 15.1. The van der Waals surface area contributed by atoms with Crippen molar-refractivity contribution >= 4 is 22.6 Å². The van der Waals surface area contributed by atoms with E-state index in [0.717, 1.165) is 33.4 Å². The van der Waals surface area contributed by atoms with E-state index < -0.39 is 15.7 Å². The smallest absolute Gasteiger partial charge is 0.274 e. The molecule has 8 heteroatoms. The van der Waals surface area contributed by atoms with Crippen LogP contribution in [0.4, 0.5) is 5.69 Å². The highest BCUT2D eigenvalue weighted by molar-refractivity contribution is 7.84. The summed E-state index contributed by atoms with van der Waals surface area (Å²) in [4.78, 5) is 20.6. The van der Waals surface area contributed by atoms with Crippen molar-refractivity contribution < 1.29 is 14.1 Å². The number of pyridine rings is 1. The highest BCUT2D eigenvalue weighted by atomic mass is 32.2. The van der Waals surface area contributed by atoms with E-state index in [-0.39, 0.29) is 24.2 Å². The average molecular weight is 621 g/mol. The molecule has 0 fully saturated rings. The molecule has 3 aromatic carbocycles. The normalized spacial score (nSPS) is 15.3. The molecule has 0 spiro atoms. The molecule has 2 N–H and O–H groups in total. The van der Waals surface area contributed by atoms with Gasteiger partial charge in [-0.15, -0.1) is 0 Å². The number of benzene rings is 3. The number of amides is 1. The fourth-order valence-electron chi connectivity index (χ4n) is 5.42. The van der Waals surface area contributed by atoms with Gasteiger partial charge in [0.15, 0.2) is 0 Å². The Morgan fingerprint density at radius 3 is 2.36 bits per heavy atom. The summed E-state index contributed by atoms with van der Waals surface area (Å²) >= 11 is 0. The van der Waals surface area contributed by atoms with E-state index in [2.05, 4.69) is 17.2 Å². The molecule has 1 amide bonds. The molecule has 2 atom stereocenters. The molecule has 45 heavy (non-hydrogen) atoms. The Balaban J connectivity index is 1.55. The van der Waals surface area contributed by atoms with Crippen LogP contribution >= 0.6 is 0 Å². The third-order valence-corrected chi connectivity index (χ3v) is 9.39. The Bertz CT molecular complexity index is 1750. The van der Waals surface area contributed by atoms with Crippen molar-refractivity contribution in [3.05, 3.63) is 107 Å². The maximum Gasteiger partial charge on any atom is 0.274 e. The first-order chi connectivity index (χ1) is 21.5. The van der Waals surface area contributed by atoms with Gasteiger partial charge in [-0.25, -0.2) is 13.5 Å². The highest BCUT2D eigenvalue weighted by Gasteiger charge is 2.40. The number of hydrogen-bond acceptors (Lipinski definition) is 5. The number of fused-ring (bicyclic) bond motifs is 1. The van der Waals surface area contributed by atoms with Crippen LogP contribution in [0.25, 0.3) is 22.4 Å². The van der Waals surface area contributed by atoms with Crippen LogP contribution in [-0.2, 0) is 17.5 Å². The van der Waals surface area contributed by atoms with Gasteiger partial charge in [0, 0.05) is 35.5 Å². The predicted octanol–water partition coefficient (Wildman–Crippen LogP) is 6.28. The first-order valence-electron chi connectivity index (χ1n) is 15.1. The lowest BCUT2D eigenvalue weighted by Gasteiger charge is -2.30. The lowest BCUT2D eigenvalue weighted by Crippen LogP contribution is -2.36. The average Bonchev–Trinajstić information content (AvgIpc) is 3.38. The zero-order chi connectivity index (χ0) is 32.1. The van der Waals surface area contributed by atoms with Gasteiger partial charge in [-0.05, 0) is 88.3 Å². The third-order valence-electron chi connectivity index (χ3n) is 7.54. The lowest BCUT2D eigenvalue weighted by molar-refractivity contribution is 0.102. The van der Waals surface area contributed by atoms with Crippen molar-refractivity contribution in [1.29, 1.82) is 0 Å². The summed E-state index contributed by atoms with van der Waals surface area (Å²) in [5.41, 5.74) is 7.15. The Morgan fingerprint density at radius 1 is 1.00 bits per heavy atom. The number of nitrogens with one attached hydrogen (secondary N) is 1. The lowest BCUT2D eigenvalue weighted by atomic mass is 9.95. The van der Waals surface area contributed by atoms with Crippen molar-refractivity contribution in [2.24, 2.45) is 0 Å². The summed E-state index contributed by atoms with van der Waals surface area (Å²) in [6, 6.07) is 27.1. The zero-order valence-electron chi connectivity index (χ0n) is 26.5. The largest absolute Gasteiger partial charge is 0.396 e. The maximum absolute atomic E-state index is 13.7. The predicted molar refractivity (Wildman–Crippen MR) is 183 cm³/mol. The minimum atomic E-state index is -1.35. The van der Waals surface area contributed by atoms with Crippen molar-refractivity contribution in [3.8, 4) is 34.2 Å². The van der Waals surface area contributed by atoms with Crippen molar-refractivity contribution in [3.63, 3.8) is 0 Å². The summed E-state index contributed by atoms with van der Waals surface area (Å²) in [6.07, 6.45) is 0.394. The molecule has 4 aromatic rings. The molecule has 2 heterocycles. The Kier molecular flexibility index (Phi) is 9.96. The maximum atomic E-state index is 13.7. The van der Waals surface area contributed by atoms with Crippen LogP contribution in [0.2, 0.25) is 0 Å². The second-order valence-corrected chi connectivity index (χ2v) is 14.6. The standard InChI is InChI=1S/C37H40N4O3S/c1-37(2,3)45(44)41-25-30-24-32(36(43)38-31-18-16-28(17-19-31)27-13-7-6-8-14-27)39-35(34(30)33(41)20-22-42)29-15-9-11-26(23-29)12-10-21-40(4)5/h6-9,11,13-19,23-24,33,42H,20-22,25H2,1-5H3,(H,38,43)/t33-,45-/m0/s1. The van der Waals surface area contributed by atoms with Crippen molar-refractivity contribution in [2.75, 3.05) is 32.6 Å². The van der Waals surface area contributed by atoms with E-state index in [1.807, 2.05) is 123 Å². The number of carbonyl (C=O) groups excluding carboxylic acids is 1. The highest BCUT2D eigenvalue weighted by Crippen LogP contribution is 2.44. The molecule has 0 radical (unpaired) electrons. The van der Waals surface area contributed by atoms with Crippen LogP contribution in [0, 0.1) is 11.8 Å². The van der Waals surface area contributed by atoms with Crippen LogP contribution in [0.5, 0.6) is 0 Å². The van der Waals surface area contributed by atoms with E-state index in [9.17, 15) is 14.1 Å². The molecule has 0 unspecified atom stereocenters. The molecular weight excluding hydrogens is 580 g/mol. The molecule has 0 saturated carbocycles. The Morgan fingerprint density at radius 2 is 1.69 bits per heavy atom. The second kappa shape index (κ2) is 13.9. The summed E-state index contributed by atoms with van der Waals surface area (Å²) in [5.74, 6) is 6.08. The topological polar surface area (TPSA) is 85.8 Å². The number of aromatic nitrogens is 1. The van der Waals surface area contributed by atoms with Gasteiger partial charge >= 0.3 is 0 Å². The van der Waals surface area contributed by atoms with Crippen molar-refractivity contribution in [2.45, 2.75) is 44.5 Å². The number of anilines is 1. The van der Waals surface area contributed by atoms with Crippen LogP contribution in [0.1, 0.15) is 60.4 Å². The van der Waals surface area contributed by atoms with Gasteiger partial charge in [0.1, 0.15) is 16.7 Å². The number of rotatable bonds is 8. The first-order valence-corrected chi connectivity index (χ1v) is 16.2. The molecule has 0 aliphatic carbocycles. The molecule has 1 aliphatic rings. The van der Waals surface area contributed by atoms with Gasteiger partial charge < -0.3 is 10.4 Å². The van der Waals surface area contributed by atoms with Gasteiger partial charge in [0.2, 0.25) is 0 Å². The summed E-state index contributed by atoms with van der Waals surface area (Å²) in [6.45, 7) is 6.77. The van der Waals surface area contributed by atoms with Crippen LogP contribution in [-0.4, -0.2) is 61.4 Å². The third kappa shape index (κ3) is 7.58. The Labute approximate surface area is 268 Å². The number of aliphatic hydroxyl groups is 1. The molecule has 0 bridgehead atoms. The molecule has 1 aliphatic heterocycles. The quantitative estimate of drug-likeness (QED) is 0.227. The van der Waals surface area contributed by atoms with E-state index in [1.54, 1.807) is 6.07 Å². The fourth-order valence-corrected chi connectivity index (χ4v) is 6.82. The van der Waals surface area contributed by atoms with E-state index in [0.29, 0.717) is 30.9 Å². The summed E-state index contributed by atoms with van der Waals surface area (Å²) in [7, 11) is 2.60. The first kappa shape index (κ1) is 32.3. The number of carbonyl (C=O) groups is 1. The van der Waals surface area contributed by atoms with Gasteiger partial charge in [0.05, 0.1) is 23.0 Å². The second-order valence-electron chi connectivity index (χ2n) is 12.4. The van der Waals surface area contributed by atoms with Crippen LogP contribution < -0.4 is 5.32 Å². The minimum Gasteiger partial charge on any atom is -0.396 e. The SMILES string of the molecule is CN(C)CC#Cc1cccc(-c2nc(C(=O)Nc3ccc(-c4ccccc4)cc3)cc3c2[C@H](CCO)N([S@@](=O)C(C)(C)C)C3)c1. The van der Waals surface area contributed by atoms with Gasteiger partial charge in [-0.3, -0.25) is 9.69 Å². The zero-order valence-corrected chi connectivity index (χ0v) is 27.3. The fraction of sp³-hybridized carbons (Fsp3) is 0.297. The number of aliphatic hydroxyl groups excluding tert-OH is 1. The van der Waals surface area contributed by atoms with Crippen LogP contribution in [0.3, 0.4) is 0 Å². The summed E-state index contributed by atoms with van der Waals surface area (Å²) in [5, 5.41) is 13.1. The van der Waals surface area contributed by atoms with Crippen molar-refractivity contribution in [1.82, 2.24) is 14.2 Å². The molecule has 5 rings (SSSR count). The number of nitrogens with zero attached hydrogens (tertiary/aromatic N) is 3. The minimum absolute atomic E-state index is 0.0708. The molecular formula is C37H40N4O3S. The number of hydrogen-bond donors (Lipinski definition) is 2. The van der Waals surface area contributed by atoms with Gasteiger partial charge in [-0.2, -0.15) is 0 Å². The van der Waals surface area contributed by atoms with Gasteiger partial charge in [0.25, 0.3) is 5.91 Å². The monoisotopic (exact) mass is 620 g/mol. The molecule has 232 valence electrons. The van der Waals surface area contributed by atoms with E-state index >= 15 is 0 Å². The van der Waals surface area contributed by atoms with Crippen LogP contribution in [0.15, 0.2) is 84.9 Å².